The van der Waals surface area contributed by atoms with Crippen LogP contribution in [0.2, 0.25) is 0 Å². The smallest absolute Gasteiger partial charge is 0.393 e. The van der Waals surface area contributed by atoms with Crippen molar-refractivity contribution in [2.45, 2.75) is 32.4 Å². The van der Waals surface area contributed by atoms with E-state index in [0.29, 0.717) is 12.5 Å². The molecular weight excluding hydrogens is 319 g/mol. The van der Waals surface area contributed by atoms with Crippen LogP contribution in [0.15, 0.2) is 30.3 Å². The number of likely N-dealkylation sites (tertiary alicyclic amines) is 1. The third-order valence-electron chi connectivity index (χ3n) is 4.64. The van der Waals surface area contributed by atoms with E-state index in [4.69, 9.17) is 5.11 Å². The van der Waals surface area contributed by atoms with E-state index in [-0.39, 0.29) is 19.0 Å². The van der Waals surface area contributed by atoms with E-state index in [9.17, 15) is 18.0 Å². The van der Waals surface area contributed by atoms with Crippen LogP contribution < -0.4 is 0 Å². The predicted octanol–water partition coefficient (Wildman–Crippen LogP) is 4.01. The van der Waals surface area contributed by atoms with Gasteiger partial charge in [0.05, 0.1) is 11.8 Å². The van der Waals surface area contributed by atoms with Crippen LogP contribution in [0.25, 0.3) is 0 Å². The van der Waals surface area contributed by atoms with Crippen molar-refractivity contribution in [2.24, 2.45) is 17.8 Å². The second-order valence-corrected chi connectivity index (χ2v) is 7.05. The topological polar surface area (TPSA) is 40.5 Å². The molecule has 3 nitrogen and oxygen atoms in total. The molecule has 0 bridgehead atoms. The molecule has 0 aliphatic carbocycles. The molecule has 3 atom stereocenters. The number of carboxylic acid groups (broad SMARTS) is 1. The molecule has 1 aliphatic heterocycles. The zero-order valence-corrected chi connectivity index (χ0v) is 14.0. The number of rotatable bonds is 6. The number of nitrogens with zero attached hydrogens (tertiary/aromatic N) is 1. The molecule has 0 spiro atoms. The van der Waals surface area contributed by atoms with Crippen molar-refractivity contribution in [1.29, 1.82) is 0 Å². The summed E-state index contributed by atoms with van der Waals surface area (Å²) in [5.41, 5.74) is 1.09. The summed E-state index contributed by atoms with van der Waals surface area (Å²) in [6, 6.07) is 9.72. The van der Waals surface area contributed by atoms with Gasteiger partial charge in [0.1, 0.15) is 0 Å². The van der Waals surface area contributed by atoms with Crippen molar-refractivity contribution in [3.8, 4) is 0 Å². The second-order valence-electron chi connectivity index (χ2n) is 7.05. The summed E-state index contributed by atoms with van der Waals surface area (Å²) < 4.78 is 39.4. The van der Waals surface area contributed by atoms with Gasteiger partial charge in [-0.3, -0.25) is 4.79 Å². The van der Waals surface area contributed by atoms with Crippen LogP contribution >= 0.6 is 0 Å². The average Bonchev–Trinajstić information content (AvgIpc) is 2.91. The van der Waals surface area contributed by atoms with Crippen LogP contribution in [-0.4, -0.2) is 41.8 Å². The number of hydrogen-bond donors (Lipinski definition) is 1. The Morgan fingerprint density at radius 1 is 1.25 bits per heavy atom. The molecule has 6 heteroatoms. The van der Waals surface area contributed by atoms with E-state index in [1.807, 2.05) is 30.3 Å². The molecule has 1 aliphatic rings. The summed E-state index contributed by atoms with van der Waals surface area (Å²) >= 11 is 0. The Kier molecular flexibility index (Phi) is 5.91. The highest BCUT2D eigenvalue weighted by Gasteiger charge is 2.52. The zero-order valence-electron chi connectivity index (χ0n) is 14.0. The average molecular weight is 343 g/mol. The maximum atomic E-state index is 13.1. The fourth-order valence-electron chi connectivity index (χ4n) is 3.54. The maximum Gasteiger partial charge on any atom is 0.393 e. The van der Waals surface area contributed by atoms with Crippen LogP contribution in [0.4, 0.5) is 13.2 Å². The van der Waals surface area contributed by atoms with Gasteiger partial charge in [-0.25, -0.2) is 0 Å². The van der Waals surface area contributed by atoms with E-state index in [2.05, 4.69) is 13.8 Å². The monoisotopic (exact) mass is 343 g/mol. The Balaban J connectivity index is 2.13. The van der Waals surface area contributed by atoms with Crippen molar-refractivity contribution in [3.63, 3.8) is 0 Å². The van der Waals surface area contributed by atoms with Crippen molar-refractivity contribution < 1.29 is 23.1 Å². The lowest BCUT2D eigenvalue weighted by Crippen LogP contribution is -2.33. The second kappa shape index (κ2) is 7.55. The predicted molar refractivity (Wildman–Crippen MR) is 85.7 cm³/mol. The minimum atomic E-state index is -4.47. The summed E-state index contributed by atoms with van der Waals surface area (Å²) in [6.45, 7) is 4.35. The molecule has 1 heterocycles. The van der Waals surface area contributed by atoms with Crippen LogP contribution in [0.1, 0.15) is 31.7 Å². The summed E-state index contributed by atoms with van der Waals surface area (Å²) in [6.07, 6.45) is -3.62. The standard InChI is InChI=1S/C18H24F3NO2/c1-12(2)8-14(13-6-4-3-5-7-13)9-22-10-15(17(23)24)16(11-22)18(19,20)21/h3-7,12,14-16H,8-11H2,1-2H3,(H,23,24)/t14?,15-,16-/m1/s1. The number of alkyl halides is 3. The van der Waals surface area contributed by atoms with Crippen LogP contribution in [-0.2, 0) is 4.79 Å². The Morgan fingerprint density at radius 2 is 1.88 bits per heavy atom. The maximum absolute atomic E-state index is 13.1. The quantitative estimate of drug-likeness (QED) is 0.848. The molecule has 1 N–H and O–H groups in total. The summed E-state index contributed by atoms with van der Waals surface area (Å²) in [5.74, 6) is -4.01. The molecule has 1 unspecified atom stereocenters. The third-order valence-corrected chi connectivity index (χ3v) is 4.64. The van der Waals surface area contributed by atoms with Gasteiger partial charge in [-0.05, 0) is 23.8 Å². The largest absolute Gasteiger partial charge is 0.481 e. The molecule has 0 amide bonds. The van der Waals surface area contributed by atoms with Gasteiger partial charge < -0.3 is 10.0 Å². The van der Waals surface area contributed by atoms with Crippen molar-refractivity contribution in [2.75, 3.05) is 19.6 Å². The number of aliphatic carboxylic acids is 1. The summed E-state index contributed by atoms with van der Waals surface area (Å²) in [7, 11) is 0. The minimum Gasteiger partial charge on any atom is -0.481 e. The van der Waals surface area contributed by atoms with Gasteiger partial charge in [-0.15, -0.1) is 0 Å². The van der Waals surface area contributed by atoms with Gasteiger partial charge in [0.2, 0.25) is 0 Å². The van der Waals surface area contributed by atoms with Crippen molar-refractivity contribution >= 4 is 5.97 Å². The highest BCUT2D eigenvalue weighted by molar-refractivity contribution is 5.71. The number of benzene rings is 1. The van der Waals surface area contributed by atoms with Crippen LogP contribution in [0.3, 0.4) is 0 Å². The third kappa shape index (κ3) is 4.72. The first kappa shape index (κ1) is 18.8. The minimum absolute atomic E-state index is 0.0407. The SMILES string of the molecule is CC(C)CC(CN1C[C@@H](C(F)(F)F)[C@H](C(=O)O)C1)c1ccccc1. The highest BCUT2D eigenvalue weighted by Crippen LogP contribution is 2.39. The molecular formula is C18H24F3NO2. The van der Waals surface area contributed by atoms with Crippen LogP contribution in [0, 0.1) is 17.8 Å². The van der Waals surface area contributed by atoms with Crippen molar-refractivity contribution in [1.82, 2.24) is 4.90 Å². The Bertz CT molecular complexity index is 545. The fourth-order valence-corrected chi connectivity index (χ4v) is 3.54. The first-order chi connectivity index (χ1) is 11.2. The first-order valence-electron chi connectivity index (χ1n) is 8.25. The van der Waals surface area contributed by atoms with Gasteiger partial charge in [-0.2, -0.15) is 13.2 Å². The molecule has 2 rings (SSSR count). The van der Waals surface area contributed by atoms with Gasteiger partial charge in [-0.1, -0.05) is 44.2 Å². The summed E-state index contributed by atoms with van der Waals surface area (Å²) in [4.78, 5) is 12.9. The molecule has 1 fully saturated rings. The van der Waals surface area contributed by atoms with Crippen LogP contribution in [0.5, 0.6) is 0 Å². The zero-order chi connectivity index (χ0) is 17.9. The highest BCUT2D eigenvalue weighted by atomic mass is 19.4. The van der Waals surface area contributed by atoms with E-state index in [0.717, 1.165) is 12.0 Å². The van der Waals surface area contributed by atoms with Gasteiger partial charge in [0, 0.05) is 19.6 Å². The molecule has 1 aromatic rings. The van der Waals surface area contributed by atoms with E-state index in [1.165, 1.54) is 0 Å². The molecule has 1 saturated heterocycles. The van der Waals surface area contributed by atoms with E-state index in [1.54, 1.807) is 4.90 Å². The molecule has 134 valence electrons. The van der Waals surface area contributed by atoms with Crippen molar-refractivity contribution in [3.05, 3.63) is 35.9 Å². The molecule has 0 saturated carbocycles. The van der Waals surface area contributed by atoms with Gasteiger partial charge in [0.25, 0.3) is 0 Å². The Labute approximate surface area is 140 Å². The lowest BCUT2D eigenvalue weighted by atomic mass is 9.90. The van der Waals surface area contributed by atoms with Gasteiger partial charge in [0.15, 0.2) is 0 Å². The molecule has 1 aromatic carbocycles. The van der Waals surface area contributed by atoms with Gasteiger partial charge >= 0.3 is 12.1 Å². The lowest BCUT2D eigenvalue weighted by Gasteiger charge is -2.26. The van der Waals surface area contributed by atoms with E-state index < -0.39 is 24.0 Å². The lowest BCUT2D eigenvalue weighted by molar-refractivity contribution is -0.188. The molecule has 24 heavy (non-hydrogen) atoms. The fraction of sp³-hybridized carbons (Fsp3) is 0.611. The number of carbonyl (C=O) groups is 1. The Morgan fingerprint density at radius 3 is 2.33 bits per heavy atom. The first-order valence-corrected chi connectivity index (χ1v) is 8.25. The van der Waals surface area contributed by atoms with E-state index >= 15 is 0 Å². The number of halogens is 3. The normalized spacial score (nSPS) is 23.6. The molecule has 0 radical (unpaired) electrons. The molecule has 0 aromatic heterocycles. The number of carboxylic acids is 1. The Hall–Kier alpha value is -1.56. The number of hydrogen-bond acceptors (Lipinski definition) is 2. The summed E-state index contributed by atoms with van der Waals surface area (Å²) in [5, 5.41) is 9.13.